The number of carbonyl (C=O) groups is 1. The Morgan fingerprint density at radius 1 is 1.35 bits per heavy atom. The van der Waals surface area contributed by atoms with Gasteiger partial charge in [0.1, 0.15) is 11.6 Å². The molecule has 1 aliphatic rings. The van der Waals surface area contributed by atoms with Gasteiger partial charge in [-0.2, -0.15) is 0 Å². The molecule has 1 atom stereocenters. The van der Waals surface area contributed by atoms with Gasteiger partial charge in [-0.05, 0) is 39.1 Å². The molecule has 0 bridgehead atoms. The average Bonchev–Trinajstić information content (AvgIpc) is 2.30. The maximum atomic E-state index is 13.8. The highest BCUT2D eigenvalue weighted by Gasteiger charge is 2.27. The van der Waals surface area contributed by atoms with E-state index in [1.54, 1.807) is 19.0 Å². The van der Waals surface area contributed by atoms with Crippen molar-refractivity contribution < 1.29 is 13.6 Å². The van der Waals surface area contributed by atoms with Crippen LogP contribution in [0, 0.1) is 17.6 Å². The zero-order valence-electron chi connectivity index (χ0n) is 11.8. The molecule has 0 spiro atoms. The van der Waals surface area contributed by atoms with Crippen LogP contribution >= 0.6 is 0 Å². The number of nitrogens with one attached hydrogen (secondary N) is 1. The first-order valence-electron chi connectivity index (χ1n) is 6.88. The second-order valence-corrected chi connectivity index (χ2v) is 5.49. The summed E-state index contributed by atoms with van der Waals surface area (Å²) in [4.78, 5) is 13.5. The van der Waals surface area contributed by atoms with Gasteiger partial charge in [-0.15, -0.1) is 0 Å². The quantitative estimate of drug-likeness (QED) is 0.900. The lowest BCUT2D eigenvalue weighted by Crippen LogP contribution is -2.40. The van der Waals surface area contributed by atoms with E-state index in [0.29, 0.717) is 0 Å². The van der Waals surface area contributed by atoms with E-state index in [-0.39, 0.29) is 23.9 Å². The largest absolute Gasteiger partial charge is 0.354 e. The van der Waals surface area contributed by atoms with E-state index in [9.17, 15) is 13.6 Å². The number of halogens is 2. The van der Waals surface area contributed by atoms with Crippen molar-refractivity contribution in [2.24, 2.45) is 5.92 Å². The molecule has 1 fully saturated rings. The van der Waals surface area contributed by atoms with Gasteiger partial charge in [0, 0.05) is 18.0 Å². The summed E-state index contributed by atoms with van der Waals surface area (Å²) in [5, 5.41) is 2.81. The van der Waals surface area contributed by atoms with Crippen molar-refractivity contribution >= 4 is 5.91 Å². The molecule has 110 valence electrons. The predicted molar refractivity (Wildman–Crippen MR) is 73.1 cm³/mol. The van der Waals surface area contributed by atoms with Gasteiger partial charge in [-0.3, -0.25) is 4.79 Å². The molecule has 1 N–H and O–H groups in total. The van der Waals surface area contributed by atoms with Gasteiger partial charge < -0.3 is 10.2 Å². The van der Waals surface area contributed by atoms with Crippen molar-refractivity contribution in [2.75, 3.05) is 20.6 Å². The van der Waals surface area contributed by atoms with Crippen LogP contribution in [0.15, 0.2) is 18.2 Å². The molecule has 2 rings (SSSR count). The van der Waals surface area contributed by atoms with Crippen LogP contribution in [-0.4, -0.2) is 31.4 Å². The number of rotatable bonds is 5. The van der Waals surface area contributed by atoms with Crippen molar-refractivity contribution in [1.82, 2.24) is 10.2 Å². The summed E-state index contributed by atoms with van der Waals surface area (Å²) in [6, 6.07) is 3.30. The minimum Gasteiger partial charge on any atom is -0.354 e. The first-order valence-corrected chi connectivity index (χ1v) is 6.88. The Kier molecular flexibility index (Phi) is 4.70. The number of hydrogen-bond donors (Lipinski definition) is 1. The molecule has 0 saturated heterocycles. The van der Waals surface area contributed by atoms with E-state index in [0.717, 1.165) is 19.3 Å². The molecule has 1 unspecified atom stereocenters. The second kappa shape index (κ2) is 6.31. The Labute approximate surface area is 118 Å². The molecule has 0 heterocycles. The van der Waals surface area contributed by atoms with E-state index in [1.165, 1.54) is 18.2 Å². The minimum absolute atomic E-state index is 0.00593. The van der Waals surface area contributed by atoms with Crippen molar-refractivity contribution in [3.05, 3.63) is 35.4 Å². The van der Waals surface area contributed by atoms with Crippen molar-refractivity contribution in [1.29, 1.82) is 0 Å². The maximum Gasteiger partial charge on any atom is 0.223 e. The number of hydrogen-bond acceptors (Lipinski definition) is 2. The molecule has 0 aromatic heterocycles. The highest BCUT2D eigenvalue weighted by atomic mass is 19.1. The van der Waals surface area contributed by atoms with Crippen molar-refractivity contribution in [3.8, 4) is 0 Å². The molecule has 5 heteroatoms. The van der Waals surface area contributed by atoms with Crippen LogP contribution in [0.1, 0.15) is 30.9 Å². The van der Waals surface area contributed by atoms with Gasteiger partial charge in [0.2, 0.25) is 5.91 Å². The lowest BCUT2D eigenvalue weighted by molar-refractivity contribution is -0.127. The van der Waals surface area contributed by atoms with Crippen LogP contribution in [0.2, 0.25) is 0 Å². The summed E-state index contributed by atoms with van der Waals surface area (Å²) in [6.45, 7) is 0.209. The van der Waals surface area contributed by atoms with E-state index in [1.807, 2.05) is 0 Å². The van der Waals surface area contributed by atoms with Crippen LogP contribution in [0.3, 0.4) is 0 Å². The highest BCUT2D eigenvalue weighted by molar-refractivity contribution is 5.79. The van der Waals surface area contributed by atoms with Crippen LogP contribution in [0.25, 0.3) is 0 Å². The van der Waals surface area contributed by atoms with Crippen molar-refractivity contribution in [3.63, 3.8) is 0 Å². The average molecular weight is 282 g/mol. The number of nitrogens with zero attached hydrogens (tertiary/aromatic N) is 1. The Balaban J connectivity index is 2.08. The third-order valence-electron chi connectivity index (χ3n) is 3.90. The summed E-state index contributed by atoms with van der Waals surface area (Å²) in [6.07, 6.45) is 2.90. The van der Waals surface area contributed by atoms with E-state index in [4.69, 9.17) is 0 Å². The molecule has 20 heavy (non-hydrogen) atoms. The number of carbonyl (C=O) groups excluding carboxylic acids is 1. The summed E-state index contributed by atoms with van der Waals surface area (Å²) < 4.78 is 27.7. The number of likely N-dealkylation sites (N-methyl/N-ethyl adjacent to an activating group) is 1. The second-order valence-electron chi connectivity index (χ2n) is 5.49. The first kappa shape index (κ1) is 14.9. The molecule has 0 aliphatic heterocycles. The third kappa shape index (κ3) is 3.15. The Morgan fingerprint density at radius 3 is 2.40 bits per heavy atom. The molecule has 1 saturated carbocycles. The minimum atomic E-state index is -0.582. The van der Waals surface area contributed by atoms with Crippen LogP contribution in [-0.2, 0) is 4.79 Å². The SMILES string of the molecule is CN(C)C(CNC(=O)C1CCC1)c1c(F)cccc1F. The Bertz CT molecular complexity index is 467. The molecule has 1 amide bonds. The summed E-state index contributed by atoms with van der Waals surface area (Å²) in [7, 11) is 3.48. The lowest BCUT2D eigenvalue weighted by atomic mass is 9.85. The van der Waals surface area contributed by atoms with Gasteiger partial charge >= 0.3 is 0 Å². The predicted octanol–water partition coefficient (Wildman–Crippen LogP) is 2.48. The first-order chi connectivity index (χ1) is 9.50. The molecular weight excluding hydrogens is 262 g/mol. The zero-order valence-corrected chi connectivity index (χ0v) is 11.8. The topological polar surface area (TPSA) is 32.3 Å². The van der Waals surface area contributed by atoms with Crippen LogP contribution in [0.5, 0.6) is 0 Å². The maximum absolute atomic E-state index is 13.8. The molecule has 0 radical (unpaired) electrons. The normalized spacial score (nSPS) is 16.9. The number of benzene rings is 1. The van der Waals surface area contributed by atoms with Crippen LogP contribution < -0.4 is 5.32 Å². The lowest BCUT2D eigenvalue weighted by Gasteiger charge is -2.29. The molecule has 3 nitrogen and oxygen atoms in total. The zero-order chi connectivity index (χ0) is 14.7. The van der Waals surface area contributed by atoms with E-state index < -0.39 is 17.7 Å². The van der Waals surface area contributed by atoms with Gasteiger partial charge in [-0.25, -0.2) is 8.78 Å². The Hall–Kier alpha value is -1.49. The summed E-state index contributed by atoms with van der Waals surface area (Å²) in [5.41, 5.74) is 0.00593. The summed E-state index contributed by atoms with van der Waals surface area (Å²) >= 11 is 0. The fourth-order valence-electron chi connectivity index (χ4n) is 2.38. The molecule has 1 aromatic rings. The number of amides is 1. The van der Waals surface area contributed by atoms with E-state index in [2.05, 4.69) is 5.32 Å². The fourth-order valence-corrected chi connectivity index (χ4v) is 2.38. The molecule has 1 aliphatic carbocycles. The van der Waals surface area contributed by atoms with Crippen molar-refractivity contribution in [2.45, 2.75) is 25.3 Å². The molecular formula is C15H20F2N2O. The van der Waals surface area contributed by atoms with Gasteiger partial charge in [0.05, 0.1) is 6.04 Å². The standard InChI is InChI=1S/C15H20F2N2O/c1-19(2)13(9-18-15(20)10-5-3-6-10)14-11(16)7-4-8-12(14)17/h4,7-8,10,13H,3,5-6,9H2,1-2H3,(H,18,20). The van der Waals surface area contributed by atoms with Crippen LogP contribution in [0.4, 0.5) is 8.78 Å². The third-order valence-corrected chi connectivity index (χ3v) is 3.90. The Morgan fingerprint density at radius 2 is 1.95 bits per heavy atom. The van der Waals surface area contributed by atoms with Gasteiger partial charge in [0.25, 0.3) is 0 Å². The van der Waals surface area contributed by atoms with E-state index >= 15 is 0 Å². The molecule has 1 aromatic carbocycles. The van der Waals surface area contributed by atoms with Gasteiger partial charge in [0.15, 0.2) is 0 Å². The van der Waals surface area contributed by atoms with Gasteiger partial charge in [-0.1, -0.05) is 12.5 Å². The fraction of sp³-hybridized carbons (Fsp3) is 0.533. The smallest absolute Gasteiger partial charge is 0.223 e. The summed E-state index contributed by atoms with van der Waals surface area (Å²) in [5.74, 6) is -1.11. The highest BCUT2D eigenvalue weighted by Crippen LogP contribution is 2.27. The monoisotopic (exact) mass is 282 g/mol.